The highest BCUT2D eigenvalue weighted by Crippen LogP contribution is 2.14. The molecule has 1 atom stereocenters. The average Bonchev–Trinajstić information content (AvgIpc) is 2.51. The molecular formula is C19H33NO3. The van der Waals surface area contributed by atoms with Gasteiger partial charge in [0.15, 0.2) is 0 Å². The second-order valence-electron chi connectivity index (χ2n) is 6.80. The summed E-state index contributed by atoms with van der Waals surface area (Å²) in [7, 11) is 1.68. The quantitative estimate of drug-likeness (QED) is 0.678. The minimum absolute atomic E-state index is 0.148. The molecule has 0 aliphatic rings. The van der Waals surface area contributed by atoms with Crippen LogP contribution in [0, 0.1) is 5.92 Å². The third-order valence-electron chi connectivity index (χ3n) is 3.68. The summed E-state index contributed by atoms with van der Waals surface area (Å²) in [5, 5.41) is 10.2. The highest BCUT2D eigenvalue weighted by Gasteiger charge is 2.14. The molecule has 0 unspecified atom stereocenters. The molecule has 0 amide bonds. The molecule has 1 aromatic rings. The highest BCUT2D eigenvalue weighted by atomic mass is 16.5. The molecule has 1 rings (SSSR count). The van der Waals surface area contributed by atoms with E-state index in [9.17, 15) is 5.11 Å². The SMILES string of the molecule is COc1ccc(CN(CCC(C)C)C[C@H](O)COC(C)C)cc1. The minimum Gasteiger partial charge on any atom is -0.497 e. The number of aliphatic hydroxyl groups excluding tert-OH is 1. The third kappa shape index (κ3) is 8.94. The first-order chi connectivity index (χ1) is 10.9. The summed E-state index contributed by atoms with van der Waals surface area (Å²) in [5.41, 5.74) is 1.23. The Morgan fingerprint density at radius 1 is 1.09 bits per heavy atom. The van der Waals surface area contributed by atoms with Gasteiger partial charge >= 0.3 is 0 Å². The van der Waals surface area contributed by atoms with Gasteiger partial charge in [0.25, 0.3) is 0 Å². The van der Waals surface area contributed by atoms with Gasteiger partial charge < -0.3 is 14.6 Å². The molecule has 132 valence electrons. The van der Waals surface area contributed by atoms with E-state index < -0.39 is 6.10 Å². The van der Waals surface area contributed by atoms with Crippen molar-refractivity contribution < 1.29 is 14.6 Å². The van der Waals surface area contributed by atoms with Gasteiger partial charge in [0.1, 0.15) is 5.75 Å². The normalized spacial score (nSPS) is 13.1. The Bertz CT molecular complexity index is 417. The fourth-order valence-corrected chi connectivity index (χ4v) is 2.32. The van der Waals surface area contributed by atoms with Gasteiger partial charge in [0.2, 0.25) is 0 Å². The maximum atomic E-state index is 10.2. The van der Waals surface area contributed by atoms with E-state index >= 15 is 0 Å². The van der Waals surface area contributed by atoms with Crippen molar-refractivity contribution in [2.45, 2.75) is 52.9 Å². The van der Waals surface area contributed by atoms with Crippen molar-refractivity contribution in [1.29, 1.82) is 0 Å². The first-order valence-corrected chi connectivity index (χ1v) is 8.55. The molecule has 0 bridgehead atoms. The third-order valence-corrected chi connectivity index (χ3v) is 3.68. The second kappa shape index (κ2) is 10.6. The van der Waals surface area contributed by atoms with Gasteiger partial charge in [0.05, 0.1) is 25.9 Å². The number of rotatable bonds is 11. The van der Waals surface area contributed by atoms with Crippen LogP contribution in [0.3, 0.4) is 0 Å². The van der Waals surface area contributed by atoms with E-state index in [0.717, 1.165) is 25.3 Å². The van der Waals surface area contributed by atoms with Crippen LogP contribution in [0.1, 0.15) is 39.7 Å². The molecule has 0 radical (unpaired) electrons. The molecule has 0 saturated carbocycles. The van der Waals surface area contributed by atoms with E-state index in [0.29, 0.717) is 19.1 Å². The molecule has 0 fully saturated rings. The molecule has 0 aromatic heterocycles. The van der Waals surface area contributed by atoms with Crippen LogP contribution in [-0.4, -0.2) is 49.0 Å². The molecule has 0 spiro atoms. The number of nitrogens with zero attached hydrogens (tertiary/aromatic N) is 1. The number of benzene rings is 1. The summed E-state index contributed by atoms with van der Waals surface area (Å²) in [4.78, 5) is 2.30. The zero-order valence-electron chi connectivity index (χ0n) is 15.3. The summed E-state index contributed by atoms with van der Waals surface area (Å²) in [5.74, 6) is 1.52. The Morgan fingerprint density at radius 2 is 1.74 bits per heavy atom. The summed E-state index contributed by atoms with van der Waals surface area (Å²) >= 11 is 0. The lowest BCUT2D eigenvalue weighted by Crippen LogP contribution is -2.36. The van der Waals surface area contributed by atoms with Crippen molar-refractivity contribution >= 4 is 0 Å². The Hall–Kier alpha value is -1.10. The van der Waals surface area contributed by atoms with Gasteiger partial charge in [-0.3, -0.25) is 4.90 Å². The molecule has 0 aliphatic heterocycles. The predicted octanol–water partition coefficient (Wildman–Crippen LogP) is 3.33. The van der Waals surface area contributed by atoms with Gasteiger partial charge in [-0.25, -0.2) is 0 Å². The van der Waals surface area contributed by atoms with E-state index in [1.54, 1.807) is 7.11 Å². The zero-order chi connectivity index (χ0) is 17.2. The van der Waals surface area contributed by atoms with Crippen molar-refractivity contribution in [2.24, 2.45) is 5.92 Å². The fraction of sp³-hybridized carbons (Fsp3) is 0.684. The Morgan fingerprint density at radius 3 is 2.26 bits per heavy atom. The Balaban J connectivity index is 2.59. The van der Waals surface area contributed by atoms with Crippen molar-refractivity contribution in [2.75, 3.05) is 26.8 Å². The van der Waals surface area contributed by atoms with Crippen LogP contribution >= 0.6 is 0 Å². The van der Waals surface area contributed by atoms with Crippen LogP contribution in [-0.2, 0) is 11.3 Å². The summed E-state index contributed by atoms with van der Waals surface area (Å²) in [6, 6.07) is 8.12. The molecule has 0 saturated heterocycles. The smallest absolute Gasteiger partial charge is 0.118 e. The average molecular weight is 323 g/mol. The lowest BCUT2D eigenvalue weighted by atomic mass is 10.1. The molecule has 1 aromatic carbocycles. The molecular weight excluding hydrogens is 290 g/mol. The van der Waals surface area contributed by atoms with Crippen LogP contribution in [0.4, 0.5) is 0 Å². The second-order valence-corrected chi connectivity index (χ2v) is 6.80. The highest BCUT2D eigenvalue weighted by molar-refractivity contribution is 5.27. The van der Waals surface area contributed by atoms with Crippen LogP contribution in [0.5, 0.6) is 5.75 Å². The van der Waals surface area contributed by atoms with E-state index in [1.165, 1.54) is 5.56 Å². The first kappa shape index (κ1) is 19.9. The van der Waals surface area contributed by atoms with Crippen molar-refractivity contribution in [3.63, 3.8) is 0 Å². The summed E-state index contributed by atoms with van der Waals surface area (Å²) < 4.78 is 10.7. The van der Waals surface area contributed by atoms with Crippen LogP contribution < -0.4 is 4.74 Å². The molecule has 4 heteroatoms. The van der Waals surface area contributed by atoms with E-state index in [1.807, 2.05) is 26.0 Å². The number of aliphatic hydroxyl groups is 1. The van der Waals surface area contributed by atoms with Crippen molar-refractivity contribution in [3.05, 3.63) is 29.8 Å². The van der Waals surface area contributed by atoms with Gasteiger partial charge in [-0.05, 0) is 50.4 Å². The van der Waals surface area contributed by atoms with Crippen LogP contribution in [0.2, 0.25) is 0 Å². The minimum atomic E-state index is -0.456. The maximum Gasteiger partial charge on any atom is 0.118 e. The standard InChI is InChI=1S/C19H33NO3/c1-15(2)10-11-20(13-18(21)14-23-16(3)4)12-17-6-8-19(22-5)9-7-17/h6-9,15-16,18,21H,10-14H2,1-5H3/t18-/m0/s1. The first-order valence-electron chi connectivity index (χ1n) is 8.55. The molecule has 1 N–H and O–H groups in total. The van der Waals surface area contributed by atoms with Crippen molar-refractivity contribution in [1.82, 2.24) is 4.90 Å². The zero-order valence-corrected chi connectivity index (χ0v) is 15.3. The van der Waals surface area contributed by atoms with Gasteiger partial charge in [-0.15, -0.1) is 0 Å². The maximum absolute atomic E-state index is 10.2. The van der Waals surface area contributed by atoms with E-state index in [2.05, 4.69) is 30.9 Å². The van der Waals surface area contributed by atoms with Gasteiger partial charge in [-0.1, -0.05) is 26.0 Å². The van der Waals surface area contributed by atoms with E-state index in [4.69, 9.17) is 9.47 Å². The number of methoxy groups -OCH3 is 1. The molecule has 0 heterocycles. The summed E-state index contributed by atoms with van der Waals surface area (Å²) in [6.07, 6.45) is 0.812. The number of hydrogen-bond donors (Lipinski definition) is 1. The van der Waals surface area contributed by atoms with Crippen molar-refractivity contribution in [3.8, 4) is 5.75 Å². The Kier molecular flexibility index (Phi) is 9.22. The number of ether oxygens (including phenoxy) is 2. The topological polar surface area (TPSA) is 41.9 Å². The lowest BCUT2D eigenvalue weighted by molar-refractivity contribution is -0.00997. The molecule has 0 aliphatic carbocycles. The largest absolute Gasteiger partial charge is 0.497 e. The Labute approximate surface area is 141 Å². The van der Waals surface area contributed by atoms with Gasteiger partial charge in [-0.2, -0.15) is 0 Å². The lowest BCUT2D eigenvalue weighted by Gasteiger charge is -2.26. The van der Waals surface area contributed by atoms with Gasteiger partial charge in [0, 0.05) is 13.1 Å². The molecule has 23 heavy (non-hydrogen) atoms. The van der Waals surface area contributed by atoms with Crippen LogP contribution in [0.25, 0.3) is 0 Å². The predicted molar refractivity (Wildman–Crippen MR) is 94.8 cm³/mol. The van der Waals surface area contributed by atoms with Crippen LogP contribution in [0.15, 0.2) is 24.3 Å². The summed E-state index contributed by atoms with van der Waals surface area (Å²) in [6.45, 7) is 11.2. The monoisotopic (exact) mass is 323 g/mol. The van der Waals surface area contributed by atoms with E-state index in [-0.39, 0.29) is 6.10 Å². The number of hydrogen-bond acceptors (Lipinski definition) is 4. The fourth-order valence-electron chi connectivity index (χ4n) is 2.32. The molecule has 4 nitrogen and oxygen atoms in total.